The molecule has 0 spiro atoms. The van der Waals surface area contributed by atoms with Crippen LogP contribution >= 0.6 is 0 Å². The highest BCUT2D eigenvalue weighted by Gasteiger charge is 2.26. The summed E-state index contributed by atoms with van der Waals surface area (Å²) >= 11 is 0. The van der Waals surface area contributed by atoms with E-state index in [1.165, 1.54) is 27.7 Å². The van der Waals surface area contributed by atoms with Crippen molar-refractivity contribution in [1.82, 2.24) is 4.57 Å². The molecule has 1 aliphatic carbocycles. The molecule has 1 N–H and O–H groups in total. The molecule has 0 bridgehead atoms. The first-order chi connectivity index (χ1) is 13.2. The summed E-state index contributed by atoms with van der Waals surface area (Å²) in [6.07, 6.45) is 2.31. The van der Waals surface area contributed by atoms with Crippen molar-refractivity contribution >= 4 is 22.6 Å². The summed E-state index contributed by atoms with van der Waals surface area (Å²) in [5.41, 5.74) is 8.04. The molecule has 0 saturated heterocycles. The van der Waals surface area contributed by atoms with Gasteiger partial charge >= 0.3 is 0 Å². The van der Waals surface area contributed by atoms with E-state index in [1.807, 2.05) is 18.2 Å². The number of hydrogen-bond donors (Lipinski definition) is 1. The summed E-state index contributed by atoms with van der Waals surface area (Å²) in [6, 6.07) is 27.3. The van der Waals surface area contributed by atoms with Gasteiger partial charge in [0.1, 0.15) is 0 Å². The van der Waals surface area contributed by atoms with Crippen molar-refractivity contribution in [2.75, 3.05) is 0 Å². The zero-order valence-corrected chi connectivity index (χ0v) is 15.3. The lowest BCUT2D eigenvalue weighted by Crippen LogP contribution is -2.18. The lowest BCUT2D eigenvalue weighted by molar-refractivity contribution is 0.233. The van der Waals surface area contributed by atoms with Crippen molar-refractivity contribution in [2.45, 2.75) is 19.4 Å². The molecule has 0 aliphatic heterocycles. The van der Waals surface area contributed by atoms with Crippen LogP contribution in [0.3, 0.4) is 0 Å². The maximum atomic E-state index is 10.9. The standard InChI is InChI=1S/C25H21NO/c1-17-8-7-11-19(14-17)26-23-13-6-5-12-20(23)22-16-25(27)21(15-24(22)26)18-9-3-2-4-10-18/h2-15,25,27H,16H2,1H3. The summed E-state index contributed by atoms with van der Waals surface area (Å²) in [5.74, 6) is 0. The fraction of sp³-hybridized carbons (Fsp3) is 0.120. The molecule has 0 saturated carbocycles. The summed E-state index contributed by atoms with van der Waals surface area (Å²) in [6.45, 7) is 2.12. The van der Waals surface area contributed by atoms with E-state index < -0.39 is 6.10 Å². The minimum absolute atomic E-state index is 0.489. The van der Waals surface area contributed by atoms with Crippen LogP contribution in [0.2, 0.25) is 0 Å². The summed E-state index contributed by atoms with van der Waals surface area (Å²) in [7, 11) is 0. The van der Waals surface area contributed by atoms with Crippen LogP contribution in [0, 0.1) is 6.92 Å². The van der Waals surface area contributed by atoms with Crippen molar-refractivity contribution < 1.29 is 5.11 Å². The first kappa shape index (κ1) is 16.1. The van der Waals surface area contributed by atoms with Crippen molar-refractivity contribution in [3.63, 3.8) is 0 Å². The third kappa shape index (κ3) is 2.61. The van der Waals surface area contributed by atoms with E-state index in [1.54, 1.807) is 0 Å². The maximum Gasteiger partial charge on any atom is 0.0837 e. The number of para-hydroxylation sites is 1. The average molecular weight is 351 g/mol. The molecule has 0 fully saturated rings. The Morgan fingerprint density at radius 1 is 0.889 bits per heavy atom. The lowest BCUT2D eigenvalue weighted by atomic mass is 9.88. The average Bonchev–Trinajstić information content (AvgIpc) is 3.01. The monoisotopic (exact) mass is 351 g/mol. The number of aryl methyl sites for hydroxylation is 1. The molecule has 0 radical (unpaired) electrons. The largest absolute Gasteiger partial charge is 0.388 e. The second-order valence-electron chi connectivity index (χ2n) is 7.24. The van der Waals surface area contributed by atoms with Crippen LogP contribution in [0.15, 0.2) is 78.9 Å². The molecule has 1 atom stereocenters. The number of fused-ring (bicyclic) bond motifs is 3. The van der Waals surface area contributed by atoms with Crippen LogP contribution in [0.5, 0.6) is 0 Å². The Hall–Kier alpha value is -3.10. The molecular formula is C25H21NO. The van der Waals surface area contributed by atoms with Gasteiger partial charge < -0.3 is 9.67 Å². The van der Waals surface area contributed by atoms with Gasteiger partial charge in [-0.1, -0.05) is 60.7 Å². The van der Waals surface area contributed by atoms with Gasteiger partial charge in [0.25, 0.3) is 0 Å². The normalized spacial score (nSPS) is 16.2. The summed E-state index contributed by atoms with van der Waals surface area (Å²) in [5, 5.41) is 12.1. The molecule has 0 amide bonds. The third-order valence-corrected chi connectivity index (χ3v) is 5.44. The van der Waals surface area contributed by atoms with Gasteiger partial charge in [-0.2, -0.15) is 0 Å². The molecule has 27 heavy (non-hydrogen) atoms. The molecule has 4 aromatic rings. The Kier molecular flexibility index (Phi) is 3.73. The van der Waals surface area contributed by atoms with Gasteiger partial charge in [0.05, 0.1) is 17.3 Å². The highest BCUT2D eigenvalue weighted by Crippen LogP contribution is 2.38. The maximum absolute atomic E-state index is 10.9. The minimum Gasteiger partial charge on any atom is -0.388 e. The smallest absolute Gasteiger partial charge is 0.0837 e. The number of aliphatic hydroxyl groups excluding tert-OH is 1. The van der Waals surface area contributed by atoms with Crippen LogP contribution < -0.4 is 0 Å². The van der Waals surface area contributed by atoms with Crippen molar-refractivity contribution in [2.24, 2.45) is 0 Å². The van der Waals surface area contributed by atoms with Gasteiger partial charge in [0.2, 0.25) is 0 Å². The molecule has 3 aromatic carbocycles. The highest BCUT2D eigenvalue weighted by molar-refractivity contribution is 5.96. The van der Waals surface area contributed by atoms with Gasteiger partial charge in [0.15, 0.2) is 0 Å². The number of hydrogen-bond acceptors (Lipinski definition) is 1. The zero-order chi connectivity index (χ0) is 18.4. The number of nitrogens with zero attached hydrogens (tertiary/aromatic N) is 1. The number of benzene rings is 3. The number of aliphatic hydroxyl groups is 1. The van der Waals surface area contributed by atoms with E-state index >= 15 is 0 Å². The Bertz CT molecular complexity index is 1170. The van der Waals surface area contributed by atoms with E-state index in [0.29, 0.717) is 6.42 Å². The third-order valence-electron chi connectivity index (χ3n) is 5.44. The Labute approximate surface area is 159 Å². The van der Waals surface area contributed by atoms with Gasteiger partial charge in [-0.25, -0.2) is 0 Å². The van der Waals surface area contributed by atoms with Gasteiger partial charge in [-0.3, -0.25) is 0 Å². The molecule has 1 unspecified atom stereocenters. The first-order valence-electron chi connectivity index (χ1n) is 9.37. The lowest BCUT2D eigenvalue weighted by Gasteiger charge is -2.22. The van der Waals surface area contributed by atoms with E-state index in [0.717, 1.165) is 16.8 Å². The second kappa shape index (κ2) is 6.26. The molecule has 2 nitrogen and oxygen atoms in total. The van der Waals surface area contributed by atoms with Gasteiger partial charge in [-0.15, -0.1) is 0 Å². The van der Waals surface area contributed by atoms with E-state index in [9.17, 15) is 5.11 Å². The van der Waals surface area contributed by atoms with Crippen LogP contribution in [0.4, 0.5) is 0 Å². The zero-order valence-electron chi connectivity index (χ0n) is 15.3. The Balaban J connectivity index is 1.82. The molecule has 2 heteroatoms. The fourth-order valence-electron chi connectivity index (χ4n) is 4.19. The Morgan fingerprint density at radius 3 is 2.48 bits per heavy atom. The quantitative estimate of drug-likeness (QED) is 0.514. The molecule has 1 heterocycles. The molecule has 1 aromatic heterocycles. The topological polar surface area (TPSA) is 25.2 Å². The van der Waals surface area contributed by atoms with Gasteiger partial charge in [0, 0.05) is 17.5 Å². The van der Waals surface area contributed by atoms with Crippen LogP contribution in [0.1, 0.15) is 22.4 Å². The summed E-state index contributed by atoms with van der Waals surface area (Å²) < 4.78 is 2.33. The number of rotatable bonds is 2. The molecular weight excluding hydrogens is 330 g/mol. The van der Waals surface area contributed by atoms with Crippen LogP contribution in [-0.4, -0.2) is 15.8 Å². The SMILES string of the molecule is Cc1cccc(-n2c3c(c4ccccc42)CC(O)C(c2ccccc2)=C3)c1. The van der Waals surface area contributed by atoms with Crippen molar-refractivity contribution in [3.8, 4) is 5.69 Å². The van der Waals surface area contributed by atoms with Crippen molar-refractivity contribution in [3.05, 3.63) is 101 Å². The van der Waals surface area contributed by atoms with Crippen LogP contribution in [-0.2, 0) is 6.42 Å². The predicted molar refractivity (Wildman–Crippen MR) is 112 cm³/mol. The molecule has 5 rings (SSSR count). The molecule has 132 valence electrons. The van der Waals surface area contributed by atoms with Crippen molar-refractivity contribution in [1.29, 1.82) is 0 Å². The summed E-state index contributed by atoms with van der Waals surface area (Å²) in [4.78, 5) is 0. The van der Waals surface area contributed by atoms with Gasteiger partial charge in [-0.05, 0) is 53.5 Å². The first-order valence-corrected chi connectivity index (χ1v) is 9.37. The number of aromatic nitrogens is 1. The van der Waals surface area contributed by atoms with E-state index in [2.05, 4.69) is 78.2 Å². The van der Waals surface area contributed by atoms with E-state index in [4.69, 9.17) is 0 Å². The van der Waals surface area contributed by atoms with E-state index in [-0.39, 0.29) is 0 Å². The fourth-order valence-corrected chi connectivity index (χ4v) is 4.19. The Morgan fingerprint density at radius 2 is 1.67 bits per heavy atom. The second-order valence-corrected chi connectivity index (χ2v) is 7.24. The van der Waals surface area contributed by atoms with Crippen LogP contribution in [0.25, 0.3) is 28.2 Å². The minimum atomic E-state index is -0.489. The highest BCUT2D eigenvalue weighted by atomic mass is 16.3. The molecule has 1 aliphatic rings. The predicted octanol–water partition coefficient (Wildman–Crippen LogP) is 5.40.